The van der Waals surface area contributed by atoms with Crippen LogP contribution in [-0.2, 0) is 14.3 Å². The topological polar surface area (TPSA) is 68.1 Å². The predicted molar refractivity (Wildman–Crippen MR) is 64.3 cm³/mol. The molecule has 1 aliphatic heterocycles. The second-order valence-corrected chi connectivity index (χ2v) is 4.20. The van der Waals surface area contributed by atoms with Gasteiger partial charge in [0.2, 0.25) is 5.54 Å². The summed E-state index contributed by atoms with van der Waals surface area (Å²) in [6.45, 7) is 1.66. The molecule has 0 saturated heterocycles. The third-order valence-electron chi connectivity index (χ3n) is 3.23. The largest absolute Gasteiger partial charge is 0.467 e. The standard InChI is InChI=1S/C13H14N2O3/c1-9(16)13(12(17)18-2)11(8-14-15-13)10-6-4-3-5-7-10/h3-7,11H,8H2,1-2H3/t11-,13+/m1/s1. The number of azo groups is 1. The summed E-state index contributed by atoms with van der Waals surface area (Å²) in [7, 11) is 1.25. The molecule has 1 heterocycles. The van der Waals surface area contributed by atoms with E-state index in [1.54, 1.807) is 0 Å². The number of methoxy groups -OCH3 is 1. The lowest BCUT2D eigenvalue weighted by atomic mass is 9.78. The highest BCUT2D eigenvalue weighted by molar-refractivity contribution is 6.09. The molecule has 94 valence electrons. The van der Waals surface area contributed by atoms with Crippen LogP contribution in [0.5, 0.6) is 0 Å². The third kappa shape index (κ3) is 1.72. The van der Waals surface area contributed by atoms with E-state index in [0.717, 1.165) is 5.56 Å². The number of carbonyl (C=O) groups is 2. The number of ether oxygens (including phenoxy) is 1. The quantitative estimate of drug-likeness (QED) is 0.602. The fourth-order valence-electron chi connectivity index (χ4n) is 2.27. The molecule has 5 nitrogen and oxygen atoms in total. The number of ketones is 1. The first-order valence-electron chi connectivity index (χ1n) is 5.66. The van der Waals surface area contributed by atoms with Crippen molar-refractivity contribution in [3.63, 3.8) is 0 Å². The first kappa shape index (κ1) is 12.4. The molecule has 0 radical (unpaired) electrons. The maximum absolute atomic E-state index is 12.0. The molecule has 1 aromatic carbocycles. The Bertz CT molecular complexity index is 498. The highest BCUT2D eigenvalue weighted by atomic mass is 16.5. The lowest BCUT2D eigenvalue weighted by molar-refractivity contribution is -0.151. The van der Waals surface area contributed by atoms with Gasteiger partial charge < -0.3 is 4.74 Å². The van der Waals surface area contributed by atoms with Crippen LogP contribution in [0.25, 0.3) is 0 Å². The number of benzene rings is 1. The molecule has 0 N–H and O–H groups in total. The lowest BCUT2D eigenvalue weighted by Crippen LogP contribution is -2.48. The van der Waals surface area contributed by atoms with Gasteiger partial charge in [-0.1, -0.05) is 30.3 Å². The molecule has 0 aromatic heterocycles. The Labute approximate surface area is 105 Å². The van der Waals surface area contributed by atoms with E-state index in [-0.39, 0.29) is 11.7 Å². The van der Waals surface area contributed by atoms with Crippen molar-refractivity contribution in [2.45, 2.75) is 18.4 Å². The summed E-state index contributed by atoms with van der Waals surface area (Å²) in [4.78, 5) is 23.9. The van der Waals surface area contributed by atoms with E-state index in [4.69, 9.17) is 4.74 Å². The van der Waals surface area contributed by atoms with E-state index in [2.05, 4.69) is 10.2 Å². The average Bonchev–Trinajstić information content (AvgIpc) is 2.84. The zero-order valence-corrected chi connectivity index (χ0v) is 10.3. The number of Topliss-reactive ketones (excluding diaryl/α,β-unsaturated/α-hetero) is 1. The maximum atomic E-state index is 12.0. The van der Waals surface area contributed by atoms with E-state index in [0.29, 0.717) is 6.54 Å². The van der Waals surface area contributed by atoms with Gasteiger partial charge in [-0.2, -0.15) is 10.2 Å². The van der Waals surface area contributed by atoms with Crippen molar-refractivity contribution >= 4 is 11.8 Å². The Balaban J connectivity index is 2.49. The fourth-order valence-corrected chi connectivity index (χ4v) is 2.27. The summed E-state index contributed by atoms with van der Waals surface area (Å²) in [5, 5.41) is 7.78. The van der Waals surface area contributed by atoms with Crippen molar-refractivity contribution in [3.8, 4) is 0 Å². The molecule has 18 heavy (non-hydrogen) atoms. The van der Waals surface area contributed by atoms with E-state index in [9.17, 15) is 9.59 Å². The minimum absolute atomic E-state index is 0.318. The summed E-state index contributed by atoms with van der Waals surface area (Å²) in [5.74, 6) is -1.38. The summed E-state index contributed by atoms with van der Waals surface area (Å²) in [5.41, 5.74) is -0.654. The molecule has 0 spiro atoms. The van der Waals surface area contributed by atoms with Crippen LogP contribution in [-0.4, -0.2) is 30.9 Å². The van der Waals surface area contributed by atoms with Gasteiger partial charge in [-0.3, -0.25) is 4.79 Å². The molecule has 1 aliphatic rings. The zero-order chi connectivity index (χ0) is 13.2. The molecule has 2 atom stereocenters. The molecule has 0 bridgehead atoms. The Hall–Kier alpha value is -2.04. The predicted octanol–water partition coefficient (Wildman–Crippen LogP) is 1.74. The minimum Gasteiger partial charge on any atom is -0.467 e. The van der Waals surface area contributed by atoms with Crippen LogP contribution in [0.1, 0.15) is 18.4 Å². The third-order valence-corrected chi connectivity index (χ3v) is 3.23. The van der Waals surface area contributed by atoms with Gasteiger partial charge in [-0.05, 0) is 12.5 Å². The van der Waals surface area contributed by atoms with Crippen molar-refractivity contribution in [2.24, 2.45) is 10.2 Å². The average molecular weight is 246 g/mol. The molecular weight excluding hydrogens is 232 g/mol. The summed E-state index contributed by atoms with van der Waals surface area (Å²) in [6.07, 6.45) is 0. The van der Waals surface area contributed by atoms with Gasteiger partial charge in [0.05, 0.1) is 19.6 Å². The molecule has 0 saturated carbocycles. The second kappa shape index (κ2) is 4.68. The van der Waals surface area contributed by atoms with Crippen LogP contribution in [0, 0.1) is 0 Å². The van der Waals surface area contributed by atoms with Crippen molar-refractivity contribution in [1.29, 1.82) is 0 Å². The van der Waals surface area contributed by atoms with Crippen molar-refractivity contribution in [2.75, 3.05) is 13.7 Å². The summed E-state index contributed by atoms with van der Waals surface area (Å²) in [6, 6.07) is 9.31. The van der Waals surface area contributed by atoms with Gasteiger partial charge in [-0.25, -0.2) is 4.79 Å². The molecule has 0 aliphatic carbocycles. The van der Waals surface area contributed by atoms with E-state index >= 15 is 0 Å². The molecule has 0 unspecified atom stereocenters. The van der Waals surface area contributed by atoms with Crippen molar-refractivity contribution in [3.05, 3.63) is 35.9 Å². The molecule has 0 amide bonds. The normalized spacial score (nSPS) is 26.0. The second-order valence-electron chi connectivity index (χ2n) is 4.20. The zero-order valence-electron chi connectivity index (χ0n) is 10.3. The number of hydrogen-bond donors (Lipinski definition) is 0. The van der Waals surface area contributed by atoms with Crippen molar-refractivity contribution in [1.82, 2.24) is 0 Å². The minimum atomic E-state index is -1.52. The van der Waals surface area contributed by atoms with Crippen LogP contribution in [0.4, 0.5) is 0 Å². The van der Waals surface area contributed by atoms with Gasteiger partial charge in [-0.15, -0.1) is 0 Å². The number of esters is 1. The summed E-state index contributed by atoms with van der Waals surface area (Å²) < 4.78 is 4.74. The Morgan fingerprint density at radius 3 is 2.56 bits per heavy atom. The van der Waals surface area contributed by atoms with Crippen LogP contribution >= 0.6 is 0 Å². The Morgan fingerprint density at radius 2 is 2.00 bits per heavy atom. The van der Waals surface area contributed by atoms with E-state index in [1.165, 1.54) is 14.0 Å². The molecule has 1 aromatic rings. The monoisotopic (exact) mass is 246 g/mol. The van der Waals surface area contributed by atoms with Gasteiger partial charge >= 0.3 is 5.97 Å². The lowest BCUT2D eigenvalue weighted by Gasteiger charge is -2.26. The van der Waals surface area contributed by atoms with Crippen molar-refractivity contribution < 1.29 is 14.3 Å². The highest BCUT2D eigenvalue weighted by Gasteiger charge is 2.55. The Kier molecular flexibility index (Phi) is 3.23. The van der Waals surface area contributed by atoms with E-state index in [1.807, 2.05) is 30.3 Å². The number of hydrogen-bond acceptors (Lipinski definition) is 5. The van der Waals surface area contributed by atoms with Crippen LogP contribution in [0.15, 0.2) is 40.6 Å². The van der Waals surface area contributed by atoms with Gasteiger partial charge in [0.15, 0.2) is 5.78 Å². The molecule has 0 fully saturated rings. The first-order valence-corrected chi connectivity index (χ1v) is 5.66. The maximum Gasteiger partial charge on any atom is 0.344 e. The highest BCUT2D eigenvalue weighted by Crippen LogP contribution is 2.38. The molecular formula is C13H14N2O3. The smallest absolute Gasteiger partial charge is 0.344 e. The van der Waals surface area contributed by atoms with E-state index < -0.39 is 11.5 Å². The molecule has 5 heteroatoms. The van der Waals surface area contributed by atoms with Gasteiger partial charge in [0.1, 0.15) is 0 Å². The van der Waals surface area contributed by atoms with Crippen LogP contribution in [0.2, 0.25) is 0 Å². The number of nitrogens with zero attached hydrogens (tertiary/aromatic N) is 2. The fraction of sp³-hybridized carbons (Fsp3) is 0.385. The molecule has 2 rings (SSSR count). The SMILES string of the molecule is COC(=O)[C@@]1(C(C)=O)N=NC[C@@H]1c1ccccc1. The summed E-state index contributed by atoms with van der Waals surface area (Å²) >= 11 is 0. The van der Waals surface area contributed by atoms with Gasteiger partial charge in [0.25, 0.3) is 0 Å². The van der Waals surface area contributed by atoms with Gasteiger partial charge in [0, 0.05) is 0 Å². The van der Waals surface area contributed by atoms with Crippen LogP contribution < -0.4 is 0 Å². The number of rotatable bonds is 3. The Morgan fingerprint density at radius 1 is 1.33 bits per heavy atom. The number of carbonyl (C=O) groups excluding carboxylic acids is 2. The first-order chi connectivity index (χ1) is 8.63. The van der Waals surface area contributed by atoms with Crippen LogP contribution in [0.3, 0.4) is 0 Å².